The molecule has 1 aliphatic rings. The molecule has 0 saturated carbocycles. The highest BCUT2D eigenvalue weighted by Crippen LogP contribution is 2.26. The zero-order valence-electron chi connectivity index (χ0n) is 9.03. The Kier molecular flexibility index (Phi) is 3.54. The number of hydrogen-bond acceptors (Lipinski definition) is 2. The van der Waals surface area contributed by atoms with Crippen LogP contribution in [0.2, 0.25) is 0 Å². The molecule has 2 nitrogen and oxygen atoms in total. The second-order valence-corrected chi connectivity index (χ2v) is 4.06. The van der Waals surface area contributed by atoms with Crippen LogP contribution in [0.25, 0.3) is 0 Å². The van der Waals surface area contributed by atoms with E-state index in [-0.39, 0.29) is 5.92 Å². The Hall–Kier alpha value is -1.38. The van der Waals surface area contributed by atoms with E-state index in [0.717, 1.165) is 12.0 Å². The summed E-state index contributed by atoms with van der Waals surface area (Å²) in [6, 6.07) is 9.28. The van der Waals surface area contributed by atoms with E-state index >= 15 is 0 Å². The molecule has 3 atom stereocenters. The van der Waals surface area contributed by atoms with Crippen molar-refractivity contribution < 1.29 is 10.2 Å². The molecule has 0 amide bonds. The molecule has 2 N–H and O–H groups in total. The van der Waals surface area contributed by atoms with Gasteiger partial charge in [-0.3, -0.25) is 0 Å². The van der Waals surface area contributed by atoms with Crippen LogP contribution in [0.1, 0.15) is 18.1 Å². The smallest absolute Gasteiger partial charge is 0.105 e. The van der Waals surface area contributed by atoms with Crippen molar-refractivity contribution in [2.75, 3.05) is 0 Å². The van der Waals surface area contributed by atoms with E-state index in [0.29, 0.717) is 0 Å². The van der Waals surface area contributed by atoms with Crippen LogP contribution in [0.3, 0.4) is 0 Å². The Morgan fingerprint density at radius 2 is 1.81 bits per heavy atom. The lowest BCUT2D eigenvalue weighted by Crippen LogP contribution is -2.26. The number of benzene rings is 1. The van der Waals surface area contributed by atoms with Gasteiger partial charge in [-0.15, -0.1) is 0 Å². The van der Waals surface area contributed by atoms with Crippen molar-refractivity contribution in [3.63, 3.8) is 0 Å². The first-order valence-corrected chi connectivity index (χ1v) is 5.53. The quantitative estimate of drug-likeness (QED) is 0.813. The van der Waals surface area contributed by atoms with Gasteiger partial charge in [0.15, 0.2) is 0 Å². The van der Waals surface area contributed by atoms with Crippen molar-refractivity contribution in [3.8, 4) is 0 Å². The third-order valence-electron chi connectivity index (χ3n) is 2.92. The standard InChI is InChI=1S/C14H16O2/c15-13(11-7-3-1-4-8-11)14(16)12-9-5-2-6-10-12/h1-9,12-16H,10H2/t12-,13+,14+/m0/s1. The molecule has 2 rings (SSSR count). The summed E-state index contributed by atoms with van der Waals surface area (Å²) in [4.78, 5) is 0. The fourth-order valence-corrected chi connectivity index (χ4v) is 1.93. The summed E-state index contributed by atoms with van der Waals surface area (Å²) in [6.45, 7) is 0. The highest BCUT2D eigenvalue weighted by molar-refractivity contribution is 5.20. The van der Waals surface area contributed by atoms with Gasteiger partial charge in [0, 0.05) is 5.92 Å². The first kappa shape index (κ1) is 11.1. The van der Waals surface area contributed by atoms with Crippen LogP contribution >= 0.6 is 0 Å². The lowest BCUT2D eigenvalue weighted by atomic mass is 9.89. The highest BCUT2D eigenvalue weighted by atomic mass is 16.3. The van der Waals surface area contributed by atoms with E-state index < -0.39 is 12.2 Å². The molecule has 0 heterocycles. The molecule has 1 aromatic rings. The van der Waals surface area contributed by atoms with Gasteiger partial charge in [-0.05, 0) is 12.0 Å². The Balaban J connectivity index is 2.07. The Labute approximate surface area is 95.6 Å². The lowest BCUT2D eigenvalue weighted by molar-refractivity contribution is -0.00631. The van der Waals surface area contributed by atoms with Crippen LogP contribution in [-0.2, 0) is 0 Å². The number of aliphatic hydroxyl groups is 2. The summed E-state index contributed by atoms with van der Waals surface area (Å²) >= 11 is 0. The van der Waals surface area contributed by atoms with E-state index in [4.69, 9.17) is 0 Å². The zero-order chi connectivity index (χ0) is 11.4. The summed E-state index contributed by atoms with van der Waals surface area (Å²) in [6.07, 6.45) is 7.03. The summed E-state index contributed by atoms with van der Waals surface area (Å²) in [5.74, 6) is 0.000191. The van der Waals surface area contributed by atoms with Crippen molar-refractivity contribution in [2.45, 2.75) is 18.6 Å². The molecule has 1 aromatic carbocycles. The number of hydrogen-bond donors (Lipinski definition) is 2. The maximum Gasteiger partial charge on any atom is 0.105 e. The average molecular weight is 216 g/mol. The molecule has 0 aliphatic heterocycles. The van der Waals surface area contributed by atoms with Gasteiger partial charge in [-0.25, -0.2) is 0 Å². The topological polar surface area (TPSA) is 40.5 Å². The van der Waals surface area contributed by atoms with Crippen LogP contribution in [0.5, 0.6) is 0 Å². The van der Waals surface area contributed by atoms with Gasteiger partial charge >= 0.3 is 0 Å². The molecule has 16 heavy (non-hydrogen) atoms. The SMILES string of the molecule is O[C@@H]([C@H](O)c1ccccc1)[C@H]1C=CC=CC1. The normalized spacial score (nSPS) is 23.0. The molecule has 0 spiro atoms. The number of rotatable bonds is 3. The maximum absolute atomic E-state index is 10.1. The summed E-state index contributed by atoms with van der Waals surface area (Å²) in [5, 5.41) is 20.1. The van der Waals surface area contributed by atoms with E-state index in [2.05, 4.69) is 0 Å². The van der Waals surface area contributed by atoms with Gasteiger partial charge in [0.05, 0.1) is 6.10 Å². The molecule has 0 fully saturated rings. The van der Waals surface area contributed by atoms with E-state index in [9.17, 15) is 10.2 Å². The third-order valence-corrected chi connectivity index (χ3v) is 2.92. The van der Waals surface area contributed by atoms with Gasteiger partial charge < -0.3 is 10.2 Å². The van der Waals surface area contributed by atoms with E-state index in [1.54, 1.807) is 0 Å². The van der Waals surface area contributed by atoms with Crippen LogP contribution in [0, 0.1) is 5.92 Å². The molecule has 0 aromatic heterocycles. The molecule has 0 unspecified atom stereocenters. The Morgan fingerprint density at radius 1 is 1.06 bits per heavy atom. The second-order valence-electron chi connectivity index (χ2n) is 4.06. The van der Waals surface area contributed by atoms with Crippen molar-refractivity contribution in [2.24, 2.45) is 5.92 Å². The number of allylic oxidation sites excluding steroid dienone is 3. The summed E-state index contributed by atoms with van der Waals surface area (Å²) in [5.41, 5.74) is 0.762. The van der Waals surface area contributed by atoms with Crippen molar-refractivity contribution in [1.29, 1.82) is 0 Å². The van der Waals surface area contributed by atoms with Crippen molar-refractivity contribution in [3.05, 3.63) is 60.2 Å². The molecule has 84 valence electrons. The highest BCUT2D eigenvalue weighted by Gasteiger charge is 2.25. The van der Waals surface area contributed by atoms with E-state index in [1.807, 2.05) is 54.6 Å². The maximum atomic E-state index is 10.1. The molecule has 2 heteroatoms. The van der Waals surface area contributed by atoms with Gasteiger partial charge in [0.2, 0.25) is 0 Å². The van der Waals surface area contributed by atoms with Crippen LogP contribution < -0.4 is 0 Å². The molecular weight excluding hydrogens is 200 g/mol. The largest absolute Gasteiger partial charge is 0.389 e. The predicted molar refractivity (Wildman–Crippen MR) is 63.8 cm³/mol. The second kappa shape index (κ2) is 5.10. The van der Waals surface area contributed by atoms with Crippen LogP contribution in [0.4, 0.5) is 0 Å². The van der Waals surface area contributed by atoms with Crippen LogP contribution in [-0.4, -0.2) is 16.3 Å². The molecule has 1 aliphatic carbocycles. The Morgan fingerprint density at radius 3 is 2.44 bits per heavy atom. The summed E-state index contributed by atoms with van der Waals surface area (Å²) in [7, 11) is 0. The minimum atomic E-state index is -0.817. The molecule has 0 saturated heterocycles. The van der Waals surface area contributed by atoms with E-state index in [1.165, 1.54) is 0 Å². The molecular formula is C14H16O2. The van der Waals surface area contributed by atoms with Crippen LogP contribution in [0.15, 0.2) is 54.6 Å². The minimum Gasteiger partial charge on any atom is -0.389 e. The third kappa shape index (κ3) is 2.40. The first-order chi connectivity index (χ1) is 7.79. The van der Waals surface area contributed by atoms with Gasteiger partial charge in [0.25, 0.3) is 0 Å². The summed E-state index contributed by atoms with van der Waals surface area (Å²) < 4.78 is 0. The van der Waals surface area contributed by atoms with Gasteiger partial charge in [-0.1, -0.05) is 54.6 Å². The Bertz CT molecular complexity index is 381. The zero-order valence-corrected chi connectivity index (χ0v) is 9.03. The fraction of sp³-hybridized carbons (Fsp3) is 0.286. The van der Waals surface area contributed by atoms with Gasteiger partial charge in [0.1, 0.15) is 6.10 Å². The van der Waals surface area contributed by atoms with Crippen molar-refractivity contribution in [1.82, 2.24) is 0 Å². The monoisotopic (exact) mass is 216 g/mol. The molecule has 0 bridgehead atoms. The minimum absolute atomic E-state index is 0.000191. The number of aliphatic hydroxyl groups excluding tert-OH is 2. The molecule has 0 radical (unpaired) electrons. The lowest BCUT2D eigenvalue weighted by Gasteiger charge is -2.25. The fourth-order valence-electron chi connectivity index (χ4n) is 1.93. The predicted octanol–water partition coefficient (Wildman–Crippen LogP) is 2.21. The first-order valence-electron chi connectivity index (χ1n) is 5.53. The van der Waals surface area contributed by atoms with Gasteiger partial charge in [-0.2, -0.15) is 0 Å². The average Bonchev–Trinajstić information content (AvgIpc) is 2.39. The van der Waals surface area contributed by atoms with Crippen molar-refractivity contribution >= 4 is 0 Å².